The molecule has 0 aromatic heterocycles. The Morgan fingerprint density at radius 1 is 0.800 bits per heavy atom. The Kier molecular flexibility index (Phi) is 3.20. The van der Waals surface area contributed by atoms with Crippen LogP contribution in [0.2, 0.25) is 0 Å². The summed E-state index contributed by atoms with van der Waals surface area (Å²) in [4.78, 5) is 0. The smallest absolute Gasteiger partial charge is 0.0196 e. The normalized spacial score (nSPS) is 8.00. The van der Waals surface area contributed by atoms with Crippen LogP contribution in [0.25, 0.3) is 0 Å². The fourth-order valence-corrected chi connectivity index (χ4v) is 0.453. The van der Waals surface area contributed by atoms with Crippen molar-refractivity contribution < 1.29 is 0 Å². The predicted octanol–water partition coefficient (Wildman–Crippen LogP) is 3.03. The van der Waals surface area contributed by atoms with E-state index in [1.165, 1.54) is 0 Å². The van der Waals surface area contributed by atoms with E-state index in [-0.39, 0.29) is 0 Å². The van der Waals surface area contributed by atoms with Crippen LogP contribution < -0.4 is 0 Å². The van der Waals surface area contributed by atoms with E-state index in [1.807, 2.05) is 0 Å². The highest BCUT2D eigenvalue weighted by molar-refractivity contribution is 5.50. The zero-order valence-corrected chi connectivity index (χ0v) is 6.19. The van der Waals surface area contributed by atoms with Gasteiger partial charge in [0, 0.05) is 0 Å². The Morgan fingerprint density at radius 3 is 1.30 bits per heavy atom. The van der Waals surface area contributed by atoms with Gasteiger partial charge in [-0.1, -0.05) is 45.0 Å². The topological polar surface area (TPSA) is 0 Å². The van der Waals surface area contributed by atoms with E-state index >= 15 is 0 Å². The van der Waals surface area contributed by atoms with E-state index < -0.39 is 0 Å². The lowest BCUT2D eigenvalue weighted by molar-refractivity contribution is 1.53. The van der Waals surface area contributed by atoms with Crippen LogP contribution >= 0.6 is 0 Å². The van der Waals surface area contributed by atoms with Gasteiger partial charge in [-0.05, 0) is 16.7 Å². The van der Waals surface area contributed by atoms with Crippen molar-refractivity contribution >= 4 is 0 Å². The average Bonchev–Trinajstić information content (AvgIpc) is 2.00. The van der Waals surface area contributed by atoms with E-state index in [1.54, 1.807) is 12.2 Å². The molecule has 0 saturated heterocycles. The first-order chi connectivity index (χ1) is 4.63. The molecule has 0 aromatic rings. The molecule has 0 spiro atoms. The van der Waals surface area contributed by atoms with Crippen molar-refractivity contribution in [3.63, 3.8) is 0 Å². The van der Waals surface area contributed by atoms with Gasteiger partial charge in [-0.3, -0.25) is 0 Å². The molecule has 0 aromatic carbocycles. The first-order valence-corrected chi connectivity index (χ1v) is 2.95. The molecular weight excluding hydrogens is 120 g/mol. The van der Waals surface area contributed by atoms with E-state index in [4.69, 9.17) is 0 Å². The fourth-order valence-electron chi connectivity index (χ4n) is 0.453. The van der Waals surface area contributed by atoms with Crippen molar-refractivity contribution in [1.29, 1.82) is 0 Å². The summed E-state index contributed by atoms with van der Waals surface area (Å²) in [5, 5.41) is 0. The van der Waals surface area contributed by atoms with Crippen LogP contribution in [-0.4, -0.2) is 0 Å². The zero-order valence-electron chi connectivity index (χ0n) is 6.19. The third-order valence-electron chi connectivity index (χ3n) is 1.27. The lowest BCUT2D eigenvalue weighted by atomic mass is 10.0. The van der Waals surface area contributed by atoms with Crippen LogP contribution in [0.15, 0.2) is 61.8 Å². The van der Waals surface area contributed by atoms with Crippen LogP contribution in [0.1, 0.15) is 0 Å². The van der Waals surface area contributed by atoms with E-state index in [9.17, 15) is 0 Å². The number of rotatable bonds is 4. The molecule has 0 N–H and O–H groups in total. The maximum atomic E-state index is 3.75. The van der Waals surface area contributed by atoms with Crippen molar-refractivity contribution in [2.45, 2.75) is 0 Å². The van der Waals surface area contributed by atoms with Crippen LogP contribution in [-0.2, 0) is 0 Å². The minimum absolute atomic E-state index is 0.796. The molecule has 0 fully saturated rings. The van der Waals surface area contributed by atoms with Crippen molar-refractivity contribution in [2.24, 2.45) is 0 Å². The van der Waals surface area contributed by atoms with Crippen LogP contribution in [0.5, 0.6) is 0 Å². The van der Waals surface area contributed by atoms with E-state index in [0.717, 1.165) is 16.7 Å². The first kappa shape index (κ1) is 8.70. The molecule has 10 heavy (non-hydrogen) atoms. The van der Waals surface area contributed by atoms with Crippen molar-refractivity contribution in [3.8, 4) is 0 Å². The monoisotopic (exact) mass is 132 g/mol. The molecule has 0 aliphatic heterocycles. The number of hydrogen-bond donors (Lipinski definition) is 0. The summed E-state index contributed by atoms with van der Waals surface area (Å²) in [7, 11) is 0. The minimum Gasteiger partial charge on any atom is -0.0985 e. The fraction of sp³-hybridized carbons (Fsp3) is 0. The summed E-state index contributed by atoms with van der Waals surface area (Å²) in [6.07, 6.45) is 3.30. The molecule has 52 valence electrons. The Bertz CT molecular complexity index is 182. The third-order valence-corrected chi connectivity index (χ3v) is 1.27. The lowest BCUT2D eigenvalue weighted by Crippen LogP contribution is -1.83. The van der Waals surface area contributed by atoms with Gasteiger partial charge < -0.3 is 0 Å². The van der Waals surface area contributed by atoms with Gasteiger partial charge in [0.25, 0.3) is 0 Å². The molecule has 0 heteroatoms. The molecule has 0 amide bonds. The van der Waals surface area contributed by atoms with Crippen LogP contribution in [0.3, 0.4) is 0 Å². The summed E-state index contributed by atoms with van der Waals surface area (Å²) >= 11 is 0. The molecule has 0 aliphatic carbocycles. The largest absolute Gasteiger partial charge is 0.0985 e. The van der Waals surface area contributed by atoms with Gasteiger partial charge in [0.15, 0.2) is 0 Å². The number of allylic oxidation sites excluding steroid dienone is 5. The van der Waals surface area contributed by atoms with Gasteiger partial charge in [0.05, 0.1) is 0 Å². The highest BCUT2D eigenvalue weighted by atomic mass is 14.0. The molecule has 0 aliphatic rings. The van der Waals surface area contributed by atoms with Crippen molar-refractivity contribution in [2.75, 3.05) is 0 Å². The molecule has 0 bridgehead atoms. The first-order valence-electron chi connectivity index (χ1n) is 2.95. The molecular formula is C10H12. The lowest BCUT2D eigenvalue weighted by Gasteiger charge is -2.02. The summed E-state index contributed by atoms with van der Waals surface area (Å²) < 4.78 is 0. The highest BCUT2D eigenvalue weighted by Gasteiger charge is 1.95. The Hall–Kier alpha value is -1.30. The summed E-state index contributed by atoms with van der Waals surface area (Å²) in [6, 6.07) is 0. The van der Waals surface area contributed by atoms with Gasteiger partial charge >= 0.3 is 0 Å². The molecule has 0 radical (unpaired) electrons. The molecule has 0 atom stereocenters. The van der Waals surface area contributed by atoms with E-state index in [0.29, 0.717) is 0 Å². The average molecular weight is 132 g/mol. The standard InChI is InChI=1S/C10H12/c1-6-8(3)10(5)9(4)7-2/h6-7H,1-5H2. The van der Waals surface area contributed by atoms with Gasteiger partial charge in [-0.2, -0.15) is 0 Å². The Balaban J connectivity index is 4.36. The van der Waals surface area contributed by atoms with Gasteiger partial charge in [0.1, 0.15) is 0 Å². The Labute approximate surface area is 62.6 Å². The molecule has 0 heterocycles. The Morgan fingerprint density at radius 2 is 1.10 bits per heavy atom. The summed E-state index contributed by atoms with van der Waals surface area (Å²) in [6.45, 7) is 18.3. The van der Waals surface area contributed by atoms with Crippen molar-refractivity contribution in [1.82, 2.24) is 0 Å². The second-order valence-electron chi connectivity index (χ2n) is 1.94. The third kappa shape index (κ3) is 1.90. The summed E-state index contributed by atoms with van der Waals surface area (Å²) in [5.41, 5.74) is 2.39. The zero-order chi connectivity index (χ0) is 8.15. The predicted molar refractivity (Wildman–Crippen MR) is 47.8 cm³/mol. The summed E-state index contributed by atoms with van der Waals surface area (Å²) in [5.74, 6) is 0. The van der Waals surface area contributed by atoms with Gasteiger partial charge in [-0.25, -0.2) is 0 Å². The molecule has 0 saturated carbocycles. The molecule has 0 nitrogen and oxygen atoms in total. The molecule has 0 unspecified atom stereocenters. The van der Waals surface area contributed by atoms with E-state index in [2.05, 4.69) is 32.9 Å². The maximum absolute atomic E-state index is 3.75. The minimum atomic E-state index is 0.796. The highest BCUT2D eigenvalue weighted by Crippen LogP contribution is 2.14. The van der Waals surface area contributed by atoms with Crippen molar-refractivity contribution in [3.05, 3.63) is 61.8 Å². The second-order valence-corrected chi connectivity index (χ2v) is 1.94. The van der Waals surface area contributed by atoms with Gasteiger partial charge in [-0.15, -0.1) is 0 Å². The SMILES string of the molecule is C=CC(=C)C(=C)C(=C)C=C. The second kappa shape index (κ2) is 3.67. The molecule has 0 rings (SSSR count). The number of hydrogen-bond acceptors (Lipinski definition) is 0. The quantitative estimate of drug-likeness (QED) is 0.516. The van der Waals surface area contributed by atoms with Crippen LogP contribution in [0, 0.1) is 0 Å². The van der Waals surface area contributed by atoms with Gasteiger partial charge in [0.2, 0.25) is 0 Å². The maximum Gasteiger partial charge on any atom is -0.0196 e. The van der Waals surface area contributed by atoms with Crippen LogP contribution in [0.4, 0.5) is 0 Å².